The first-order valence-electron chi connectivity index (χ1n) is 7.16. The van der Waals surface area contributed by atoms with Gasteiger partial charge in [0.15, 0.2) is 0 Å². The Kier molecular flexibility index (Phi) is 6.23. The molecule has 1 rings (SSSR count). The van der Waals surface area contributed by atoms with E-state index in [4.69, 9.17) is 10.5 Å². The Morgan fingerprint density at radius 2 is 1.84 bits per heavy atom. The first-order chi connectivity index (χ1) is 8.85. The molecule has 1 heterocycles. The van der Waals surface area contributed by atoms with Gasteiger partial charge in [-0.05, 0) is 32.9 Å². The smallest absolute Gasteiger partial charge is 0.242 e. The van der Waals surface area contributed by atoms with Gasteiger partial charge in [0.1, 0.15) is 0 Å². The fraction of sp³-hybridized carbons (Fsp3) is 0.929. The van der Waals surface area contributed by atoms with Crippen molar-refractivity contribution in [1.82, 2.24) is 9.80 Å². The predicted octanol–water partition coefficient (Wildman–Crippen LogP) is 0.541. The van der Waals surface area contributed by atoms with E-state index < -0.39 is 5.54 Å². The highest BCUT2D eigenvalue weighted by Crippen LogP contribution is 2.21. The summed E-state index contributed by atoms with van der Waals surface area (Å²) in [6.45, 7) is 7.81. The molecule has 1 aliphatic rings. The standard InChI is InChI=1S/C14H29N3O2/c1-12(2)11-17(8-7-16(3)4)13(18)14(15)5-9-19-10-6-14/h12H,5-11,15H2,1-4H3. The molecule has 5 nitrogen and oxygen atoms in total. The van der Waals surface area contributed by atoms with Crippen LogP contribution in [-0.2, 0) is 9.53 Å². The average molecular weight is 271 g/mol. The molecule has 1 saturated heterocycles. The van der Waals surface area contributed by atoms with Crippen molar-refractivity contribution < 1.29 is 9.53 Å². The Balaban J connectivity index is 2.68. The molecule has 0 aromatic rings. The monoisotopic (exact) mass is 271 g/mol. The van der Waals surface area contributed by atoms with Crippen LogP contribution in [0.2, 0.25) is 0 Å². The zero-order chi connectivity index (χ0) is 14.5. The van der Waals surface area contributed by atoms with Gasteiger partial charge in [0.25, 0.3) is 0 Å². The minimum atomic E-state index is -0.723. The summed E-state index contributed by atoms with van der Waals surface area (Å²) in [5, 5.41) is 0. The highest BCUT2D eigenvalue weighted by molar-refractivity contribution is 5.86. The largest absolute Gasteiger partial charge is 0.381 e. The van der Waals surface area contributed by atoms with Gasteiger partial charge in [0.05, 0.1) is 5.54 Å². The van der Waals surface area contributed by atoms with E-state index in [1.54, 1.807) is 0 Å². The lowest BCUT2D eigenvalue weighted by Crippen LogP contribution is -2.59. The van der Waals surface area contributed by atoms with Gasteiger partial charge in [-0.15, -0.1) is 0 Å². The Bertz CT molecular complexity index is 286. The number of nitrogens with zero attached hydrogens (tertiary/aromatic N) is 2. The Morgan fingerprint density at radius 1 is 1.26 bits per heavy atom. The third-order valence-corrected chi connectivity index (χ3v) is 3.50. The molecule has 2 N–H and O–H groups in total. The van der Waals surface area contributed by atoms with Crippen LogP contribution < -0.4 is 5.73 Å². The molecule has 0 spiro atoms. The van der Waals surface area contributed by atoms with Crippen molar-refractivity contribution in [1.29, 1.82) is 0 Å². The van der Waals surface area contributed by atoms with Crippen LogP contribution in [0.4, 0.5) is 0 Å². The summed E-state index contributed by atoms with van der Waals surface area (Å²) in [6, 6.07) is 0. The molecule has 0 unspecified atom stereocenters. The number of ether oxygens (including phenoxy) is 1. The second-order valence-electron chi connectivity index (χ2n) is 6.22. The molecule has 112 valence electrons. The van der Waals surface area contributed by atoms with E-state index >= 15 is 0 Å². The van der Waals surface area contributed by atoms with Crippen molar-refractivity contribution in [2.24, 2.45) is 11.7 Å². The quantitative estimate of drug-likeness (QED) is 0.766. The van der Waals surface area contributed by atoms with Gasteiger partial charge >= 0.3 is 0 Å². The number of hydrogen-bond acceptors (Lipinski definition) is 4. The first-order valence-corrected chi connectivity index (χ1v) is 7.16. The first kappa shape index (κ1) is 16.4. The number of likely N-dealkylation sites (N-methyl/N-ethyl adjacent to an activating group) is 1. The van der Waals surface area contributed by atoms with Gasteiger partial charge in [-0.1, -0.05) is 13.8 Å². The van der Waals surface area contributed by atoms with E-state index in [1.165, 1.54) is 0 Å². The van der Waals surface area contributed by atoms with Crippen molar-refractivity contribution in [3.63, 3.8) is 0 Å². The molecule has 0 aliphatic carbocycles. The fourth-order valence-electron chi connectivity index (χ4n) is 2.30. The lowest BCUT2D eigenvalue weighted by Gasteiger charge is -2.37. The SMILES string of the molecule is CC(C)CN(CCN(C)C)C(=O)C1(N)CCOCC1. The topological polar surface area (TPSA) is 58.8 Å². The second-order valence-corrected chi connectivity index (χ2v) is 6.22. The molecular formula is C14H29N3O2. The number of hydrogen-bond donors (Lipinski definition) is 1. The molecule has 0 aromatic heterocycles. The van der Waals surface area contributed by atoms with Gasteiger partial charge in [0, 0.05) is 32.8 Å². The molecule has 0 atom stereocenters. The molecule has 0 saturated carbocycles. The summed E-state index contributed by atoms with van der Waals surface area (Å²) in [6.07, 6.45) is 1.25. The number of amides is 1. The van der Waals surface area contributed by atoms with Crippen LogP contribution in [0.1, 0.15) is 26.7 Å². The number of rotatable bonds is 6. The lowest BCUT2D eigenvalue weighted by molar-refractivity contribution is -0.141. The summed E-state index contributed by atoms with van der Waals surface area (Å²) in [4.78, 5) is 16.7. The van der Waals surface area contributed by atoms with Crippen LogP contribution >= 0.6 is 0 Å². The van der Waals surface area contributed by atoms with Crippen LogP contribution in [0.25, 0.3) is 0 Å². The maximum atomic E-state index is 12.7. The molecule has 1 amide bonds. The maximum absolute atomic E-state index is 12.7. The van der Waals surface area contributed by atoms with Gasteiger partial charge in [-0.3, -0.25) is 4.79 Å². The summed E-state index contributed by atoms with van der Waals surface area (Å²) >= 11 is 0. The van der Waals surface area contributed by atoms with Gasteiger partial charge in [0.2, 0.25) is 5.91 Å². The molecule has 1 aliphatic heterocycles. The van der Waals surface area contributed by atoms with E-state index in [-0.39, 0.29) is 5.91 Å². The normalized spacial score (nSPS) is 18.9. The van der Waals surface area contributed by atoms with Crippen LogP contribution in [0.3, 0.4) is 0 Å². The summed E-state index contributed by atoms with van der Waals surface area (Å²) in [5.41, 5.74) is 5.58. The van der Waals surface area contributed by atoms with E-state index in [1.807, 2.05) is 19.0 Å². The molecule has 0 radical (unpaired) electrons. The number of carbonyl (C=O) groups is 1. The van der Waals surface area contributed by atoms with Gasteiger partial charge < -0.3 is 20.3 Å². The van der Waals surface area contributed by atoms with Gasteiger partial charge in [-0.2, -0.15) is 0 Å². The molecule has 1 fully saturated rings. The third kappa shape index (κ3) is 5.09. The molecular weight excluding hydrogens is 242 g/mol. The van der Waals surface area contributed by atoms with Crippen LogP contribution in [0.15, 0.2) is 0 Å². The Labute approximate surface area is 117 Å². The zero-order valence-electron chi connectivity index (χ0n) is 12.8. The average Bonchev–Trinajstić information content (AvgIpc) is 2.34. The minimum absolute atomic E-state index is 0.0892. The minimum Gasteiger partial charge on any atom is -0.381 e. The van der Waals surface area contributed by atoms with Crippen LogP contribution in [0.5, 0.6) is 0 Å². The highest BCUT2D eigenvalue weighted by atomic mass is 16.5. The summed E-state index contributed by atoms with van der Waals surface area (Å²) in [5.74, 6) is 0.543. The fourth-order valence-corrected chi connectivity index (χ4v) is 2.30. The molecule has 0 bridgehead atoms. The van der Waals surface area contributed by atoms with Crippen molar-refractivity contribution in [2.45, 2.75) is 32.2 Å². The van der Waals surface area contributed by atoms with E-state index in [0.29, 0.717) is 32.0 Å². The maximum Gasteiger partial charge on any atom is 0.242 e. The third-order valence-electron chi connectivity index (χ3n) is 3.50. The molecule has 5 heteroatoms. The van der Waals surface area contributed by atoms with Crippen LogP contribution in [-0.4, -0.2) is 68.2 Å². The van der Waals surface area contributed by atoms with E-state index in [2.05, 4.69) is 18.7 Å². The Hall–Kier alpha value is -0.650. The summed E-state index contributed by atoms with van der Waals surface area (Å²) < 4.78 is 5.32. The molecule has 19 heavy (non-hydrogen) atoms. The Morgan fingerprint density at radius 3 is 2.32 bits per heavy atom. The van der Waals surface area contributed by atoms with Gasteiger partial charge in [-0.25, -0.2) is 0 Å². The lowest BCUT2D eigenvalue weighted by atomic mass is 9.89. The highest BCUT2D eigenvalue weighted by Gasteiger charge is 2.38. The van der Waals surface area contributed by atoms with Crippen molar-refractivity contribution in [2.75, 3.05) is 46.9 Å². The van der Waals surface area contributed by atoms with Crippen LogP contribution in [0, 0.1) is 5.92 Å². The second kappa shape index (κ2) is 7.22. The summed E-state index contributed by atoms with van der Waals surface area (Å²) in [7, 11) is 4.04. The zero-order valence-corrected chi connectivity index (χ0v) is 12.8. The number of carbonyl (C=O) groups excluding carboxylic acids is 1. The van der Waals surface area contributed by atoms with E-state index in [0.717, 1.165) is 19.6 Å². The number of nitrogens with two attached hydrogens (primary N) is 1. The van der Waals surface area contributed by atoms with Crippen molar-refractivity contribution >= 4 is 5.91 Å². The van der Waals surface area contributed by atoms with E-state index in [9.17, 15) is 4.79 Å². The van der Waals surface area contributed by atoms with Crippen molar-refractivity contribution in [3.8, 4) is 0 Å². The van der Waals surface area contributed by atoms with Crippen molar-refractivity contribution in [3.05, 3.63) is 0 Å². The predicted molar refractivity (Wildman–Crippen MR) is 76.9 cm³/mol. The molecule has 0 aromatic carbocycles.